The van der Waals surface area contributed by atoms with Crippen LogP contribution in [0.1, 0.15) is 0 Å². The van der Waals surface area contributed by atoms with Crippen molar-refractivity contribution in [2.24, 2.45) is 0 Å². The highest BCUT2D eigenvalue weighted by molar-refractivity contribution is 6.07. The van der Waals surface area contributed by atoms with Crippen LogP contribution in [0.25, 0.3) is 49.8 Å². The van der Waals surface area contributed by atoms with Gasteiger partial charge in [0.05, 0.1) is 16.9 Å². The van der Waals surface area contributed by atoms with Gasteiger partial charge in [0.25, 0.3) is 0 Å². The van der Waals surface area contributed by atoms with Gasteiger partial charge >= 0.3 is 0 Å². The average molecular weight is 347 g/mol. The van der Waals surface area contributed by atoms with Gasteiger partial charge in [0.15, 0.2) is 0 Å². The molecule has 2 N–H and O–H groups in total. The Morgan fingerprint density at radius 3 is 2.41 bits per heavy atom. The molecule has 3 nitrogen and oxygen atoms in total. The standard InChI is InChI=1S/C24H17N3/c1-3-9-19-16(7-1)15-21(25-19)24-23(17-8-2-4-10-20(17)26-24)18-12-14-27-13-6-5-11-22(18)27/h1-15,25-26H. The van der Waals surface area contributed by atoms with Gasteiger partial charge in [-0.25, -0.2) is 0 Å². The predicted octanol–water partition coefficient (Wildman–Crippen LogP) is 6.24. The van der Waals surface area contributed by atoms with Gasteiger partial charge in [-0.1, -0.05) is 42.5 Å². The third kappa shape index (κ3) is 2.09. The summed E-state index contributed by atoms with van der Waals surface area (Å²) in [7, 11) is 0. The minimum Gasteiger partial charge on any atom is -0.353 e. The summed E-state index contributed by atoms with van der Waals surface area (Å²) in [5.74, 6) is 0. The lowest BCUT2D eigenvalue weighted by Gasteiger charge is -2.04. The fraction of sp³-hybridized carbons (Fsp3) is 0. The van der Waals surface area contributed by atoms with Gasteiger partial charge in [-0.2, -0.15) is 0 Å². The summed E-state index contributed by atoms with van der Waals surface area (Å²) < 4.78 is 2.17. The van der Waals surface area contributed by atoms with E-state index >= 15 is 0 Å². The predicted molar refractivity (Wildman–Crippen MR) is 112 cm³/mol. The first kappa shape index (κ1) is 14.4. The van der Waals surface area contributed by atoms with Crippen LogP contribution < -0.4 is 0 Å². The van der Waals surface area contributed by atoms with Crippen molar-refractivity contribution in [3.05, 3.63) is 91.3 Å². The molecule has 4 heterocycles. The zero-order valence-corrected chi connectivity index (χ0v) is 14.6. The first-order valence-electron chi connectivity index (χ1n) is 9.13. The lowest BCUT2D eigenvalue weighted by molar-refractivity contribution is 1.20. The monoisotopic (exact) mass is 347 g/mol. The number of aromatic amines is 2. The number of para-hydroxylation sites is 2. The van der Waals surface area contributed by atoms with Gasteiger partial charge < -0.3 is 14.4 Å². The second-order valence-corrected chi connectivity index (χ2v) is 6.91. The molecule has 0 atom stereocenters. The number of H-pyrrole nitrogens is 2. The molecule has 4 aromatic heterocycles. The van der Waals surface area contributed by atoms with Gasteiger partial charge in [0, 0.05) is 45.3 Å². The van der Waals surface area contributed by atoms with E-state index in [9.17, 15) is 0 Å². The lowest BCUT2D eigenvalue weighted by atomic mass is 10.0. The summed E-state index contributed by atoms with van der Waals surface area (Å²) in [5.41, 5.74) is 8.23. The minimum absolute atomic E-state index is 1.11. The van der Waals surface area contributed by atoms with Crippen LogP contribution in [0.5, 0.6) is 0 Å². The first-order chi connectivity index (χ1) is 13.4. The van der Waals surface area contributed by atoms with Crippen LogP contribution >= 0.6 is 0 Å². The van der Waals surface area contributed by atoms with Gasteiger partial charge in [0.1, 0.15) is 0 Å². The van der Waals surface area contributed by atoms with Crippen molar-refractivity contribution in [3.63, 3.8) is 0 Å². The Morgan fingerprint density at radius 1 is 0.667 bits per heavy atom. The largest absolute Gasteiger partial charge is 0.353 e. The number of nitrogens with one attached hydrogen (secondary N) is 2. The van der Waals surface area contributed by atoms with Crippen LogP contribution in [0.15, 0.2) is 91.3 Å². The van der Waals surface area contributed by atoms with E-state index in [1.807, 2.05) is 0 Å². The van der Waals surface area contributed by atoms with E-state index < -0.39 is 0 Å². The summed E-state index contributed by atoms with van der Waals surface area (Å²) >= 11 is 0. The Kier molecular flexibility index (Phi) is 2.88. The average Bonchev–Trinajstić information content (AvgIpc) is 3.41. The van der Waals surface area contributed by atoms with E-state index in [2.05, 4.69) is 106 Å². The molecule has 0 amide bonds. The molecule has 0 saturated heterocycles. The lowest BCUT2D eigenvalue weighted by Crippen LogP contribution is -1.84. The van der Waals surface area contributed by atoms with Gasteiger partial charge in [-0.15, -0.1) is 0 Å². The molecule has 0 saturated carbocycles. The maximum atomic E-state index is 3.65. The van der Waals surface area contributed by atoms with Crippen molar-refractivity contribution in [2.75, 3.05) is 0 Å². The molecule has 0 fully saturated rings. The van der Waals surface area contributed by atoms with Crippen molar-refractivity contribution in [2.45, 2.75) is 0 Å². The van der Waals surface area contributed by atoms with Crippen LogP contribution in [0.4, 0.5) is 0 Å². The third-order valence-corrected chi connectivity index (χ3v) is 5.34. The second kappa shape index (κ2) is 5.39. The zero-order valence-electron chi connectivity index (χ0n) is 14.6. The number of benzene rings is 2. The van der Waals surface area contributed by atoms with E-state index in [0.717, 1.165) is 22.4 Å². The Hall–Kier alpha value is -3.72. The van der Waals surface area contributed by atoms with E-state index in [-0.39, 0.29) is 0 Å². The van der Waals surface area contributed by atoms with Crippen molar-refractivity contribution in [3.8, 4) is 22.5 Å². The molecular weight excluding hydrogens is 330 g/mol. The summed E-state index contributed by atoms with van der Waals surface area (Å²) in [6.07, 6.45) is 4.22. The molecule has 0 aliphatic rings. The number of hydrogen-bond donors (Lipinski definition) is 2. The smallest absolute Gasteiger partial charge is 0.0711 e. The molecule has 6 rings (SSSR count). The van der Waals surface area contributed by atoms with E-state index in [1.165, 1.54) is 27.4 Å². The number of nitrogens with zero attached hydrogens (tertiary/aromatic N) is 1. The summed E-state index contributed by atoms with van der Waals surface area (Å²) in [5, 5.41) is 2.46. The minimum atomic E-state index is 1.11. The Labute approximate surface area is 155 Å². The molecule has 0 aliphatic heterocycles. The van der Waals surface area contributed by atoms with Crippen molar-refractivity contribution >= 4 is 27.3 Å². The number of rotatable bonds is 2. The number of pyridine rings is 1. The molecule has 128 valence electrons. The Morgan fingerprint density at radius 2 is 1.48 bits per heavy atom. The molecule has 0 radical (unpaired) electrons. The fourth-order valence-corrected chi connectivity index (χ4v) is 4.10. The topological polar surface area (TPSA) is 36.0 Å². The van der Waals surface area contributed by atoms with Crippen LogP contribution in [0.3, 0.4) is 0 Å². The van der Waals surface area contributed by atoms with Crippen molar-refractivity contribution in [1.82, 2.24) is 14.4 Å². The highest BCUT2D eigenvalue weighted by Crippen LogP contribution is 2.40. The molecular formula is C24H17N3. The maximum Gasteiger partial charge on any atom is 0.0711 e. The SMILES string of the molecule is c1ccc2[nH]c(-c3[nH]c4ccccc4c3-c3ccn4ccccc34)cc2c1. The molecule has 2 aromatic carbocycles. The van der Waals surface area contributed by atoms with Crippen molar-refractivity contribution < 1.29 is 0 Å². The highest BCUT2D eigenvalue weighted by atomic mass is 14.9. The van der Waals surface area contributed by atoms with E-state index in [1.54, 1.807) is 0 Å². The molecule has 0 bridgehead atoms. The number of hydrogen-bond acceptors (Lipinski definition) is 0. The first-order valence-corrected chi connectivity index (χ1v) is 9.13. The van der Waals surface area contributed by atoms with Gasteiger partial charge in [-0.05, 0) is 36.4 Å². The summed E-state index contributed by atoms with van der Waals surface area (Å²) in [6.45, 7) is 0. The summed E-state index contributed by atoms with van der Waals surface area (Å²) in [6, 6.07) is 27.7. The zero-order chi connectivity index (χ0) is 17.8. The highest BCUT2D eigenvalue weighted by Gasteiger charge is 2.18. The second-order valence-electron chi connectivity index (χ2n) is 6.91. The molecule has 6 aromatic rings. The summed E-state index contributed by atoms with van der Waals surface area (Å²) in [4.78, 5) is 7.24. The van der Waals surface area contributed by atoms with Crippen LogP contribution in [0, 0.1) is 0 Å². The van der Waals surface area contributed by atoms with Gasteiger partial charge in [-0.3, -0.25) is 0 Å². The van der Waals surface area contributed by atoms with Crippen LogP contribution in [0.2, 0.25) is 0 Å². The van der Waals surface area contributed by atoms with Crippen molar-refractivity contribution in [1.29, 1.82) is 0 Å². The molecule has 0 aliphatic carbocycles. The van der Waals surface area contributed by atoms with E-state index in [0.29, 0.717) is 0 Å². The van der Waals surface area contributed by atoms with Crippen LogP contribution in [-0.4, -0.2) is 14.4 Å². The van der Waals surface area contributed by atoms with E-state index in [4.69, 9.17) is 0 Å². The molecule has 3 heteroatoms. The third-order valence-electron chi connectivity index (χ3n) is 5.34. The molecule has 0 unspecified atom stereocenters. The van der Waals surface area contributed by atoms with Crippen LogP contribution in [-0.2, 0) is 0 Å². The number of aromatic nitrogens is 3. The molecule has 0 spiro atoms. The molecule has 27 heavy (non-hydrogen) atoms. The number of fused-ring (bicyclic) bond motifs is 3. The van der Waals surface area contributed by atoms with Gasteiger partial charge in [0.2, 0.25) is 0 Å². The quantitative estimate of drug-likeness (QED) is 0.372. The Balaban J connectivity index is 1.71. The normalized spacial score (nSPS) is 11.7. The maximum absolute atomic E-state index is 3.65. The Bertz CT molecular complexity index is 1400. The fourth-order valence-electron chi connectivity index (χ4n) is 4.10.